The van der Waals surface area contributed by atoms with Crippen LogP contribution >= 0.6 is 0 Å². The van der Waals surface area contributed by atoms with Crippen LogP contribution in [-0.4, -0.2) is 41.2 Å². The van der Waals surface area contributed by atoms with Crippen molar-refractivity contribution in [3.63, 3.8) is 0 Å². The fourth-order valence-corrected chi connectivity index (χ4v) is 4.55. The second kappa shape index (κ2) is 9.90. The Morgan fingerprint density at radius 1 is 1.07 bits per heavy atom. The van der Waals surface area contributed by atoms with Gasteiger partial charge in [0, 0.05) is 42.2 Å². The van der Waals surface area contributed by atoms with Crippen molar-refractivity contribution in [3.05, 3.63) is 29.8 Å². The maximum absolute atomic E-state index is 13.4. The molecule has 2 aliphatic rings. The summed E-state index contributed by atoms with van der Waals surface area (Å²) in [5, 5.41) is 5.57. The molecular formula is C23H33N3O3. The van der Waals surface area contributed by atoms with Gasteiger partial charge in [-0.15, -0.1) is 0 Å². The predicted molar refractivity (Wildman–Crippen MR) is 114 cm³/mol. The minimum Gasteiger partial charge on any atom is -0.336 e. The van der Waals surface area contributed by atoms with Gasteiger partial charge >= 0.3 is 6.03 Å². The van der Waals surface area contributed by atoms with E-state index in [0.29, 0.717) is 30.0 Å². The van der Waals surface area contributed by atoms with Crippen molar-refractivity contribution < 1.29 is 14.4 Å². The number of nitrogens with one attached hydrogen (secondary N) is 2. The Balaban J connectivity index is 1.78. The van der Waals surface area contributed by atoms with Crippen LogP contribution in [0.1, 0.15) is 75.6 Å². The van der Waals surface area contributed by atoms with Crippen molar-refractivity contribution in [2.45, 2.75) is 77.3 Å². The maximum atomic E-state index is 13.4. The average Bonchev–Trinajstić information content (AvgIpc) is 2.93. The van der Waals surface area contributed by atoms with Crippen molar-refractivity contribution >= 4 is 23.4 Å². The molecule has 158 valence electrons. The van der Waals surface area contributed by atoms with Crippen LogP contribution in [0.3, 0.4) is 0 Å². The number of urea groups is 1. The molecule has 6 nitrogen and oxygen atoms in total. The van der Waals surface area contributed by atoms with Crippen molar-refractivity contribution in [1.82, 2.24) is 10.2 Å². The third kappa shape index (κ3) is 5.58. The van der Waals surface area contributed by atoms with Gasteiger partial charge < -0.3 is 15.5 Å². The van der Waals surface area contributed by atoms with E-state index in [0.717, 1.165) is 44.9 Å². The molecule has 1 saturated carbocycles. The number of likely N-dealkylation sites (tertiary alicyclic amines) is 1. The van der Waals surface area contributed by atoms with Gasteiger partial charge in [0.05, 0.1) is 0 Å². The zero-order valence-electron chi connectivity index (χ0n) is 17.6. The Kier molecular flexibility index (Phi) is 7.29. The number of Topliss-reactive ketones (excluding diaryl/α,β-unsaturated/α-hetero) is 1. The number of nitrogens with zero attached hydrogens (tertiary/aromatic N) is 1. The molecule has 2 atom stereocenters. The third-order valence-corrected chi connectivity index (χ3v) is 5.91. The van der Waals surface area contributed by atoms with Crippen LogP contribution < -0.4 is 10.6 Å². The van der Waals surface area contributed by atoms with Crippen LogP contribution in [0.25, 0.3) is 0 Å². The number of rotatable bonds is 4. The summed E-state index contributed by atoms with van der Waals surface area (Å²) >= 11 is 0. The van der Waals surface area contributed by atoms with Crippen LogP contribution in [0.5, 0.6) is 0 Å². The highest BCUT2D eigenvalue weighted by atomic mass is 16.2. The van der Waals surface area contributed by atoms with E-state index in [4.69, 9.17) is 0 Å². The van der Waals surface area contributed by atoms with E-state index in [1.807, 2.05) is 18.7 Å². The number of hydrogen-bond acceptors (Lipinski definition) is 3. The zero-order chi connectivity index (χ0) is 20.8. The van der Waals surface area contributed by atoms with Crippen LogP contribution in [0.15, 0.2) is 24.3 Å². The average molecular weight is 400 g/mol. The highest BCUT2D eigenvalue weighted by Crippen LogP contribution is 2.32. The molecule has 1 heterocycles. The Hall–Kier alpha value is -2.37. The molecule has 1 aromatic carbocycles. The molecule has 0 spiro atoms. The molecule has 6 heteroatoms. The Morgan fingerprint density at radius 3 is 2.62 bits per heavy atom. The minimum atomic E-state index is -0.287. The van der Waals surface area contributed by atoms with Crippen molar-refractivity contribution in [2.75, 3.05) is 11.9 Å². The van der Waals surface area contributed by atoms with Crippen LogP contribution in [0.4, 0.5) is 10.5 Å². The lowest BCUT2D eigenvalue weighted by atomic mass is 9.80. The molecule has 1 aliphatic carbocycles. The first-order valence-electron chi connectivity index (χ1n) is 11.0. The van der Waals surface area contributed by atoms with Gasteiger partial charge in [0.25, 0.3) is 5.91 Å². The minimum absolute atomic E-state index is 0.00125. The molecule has 2 fully saturated rings. The SMILES string of the molecule is CC(C)NC(=O)Nc1cccc(C(=O)N2CCCCC[C@H]2[C@H]2CCCCC2=O)c1. The molecule has 0 unspecified atom stereocenters. The molecule has 3 amide bonds. The van der Waals surface area contributed by atoms with Gasteiger partial charge in [-0.25, -0.2) is 4.79 Å². The van der Waals surface area contributed by atoms with Crippen LogP contribution in [0, 0.1) is 5.92 Å². The first kappa shape index (κ1) is 21.3. The number of anilines is 1. The highest BCUT2D eigenvalue weighted by Gasteiger charge is 2.37. The third-order valence-electron chi connectivity index (χ3n) is 5.91. The molecule has 1 aromatic rings. The topological polar surface area (TPSA) is 78.5 Å². The highest BCUT2D eigenvalue weighted by molar-refractivity contribution is 5.97. The van der Waals surface area contributed by atoms with Crippen molar-refractivity contribution in [2.24, 2.45) is 5.92 Å². The quantitative estimate of drug-likeness (QED) is 0.789. The molecule has 2 N–H and O–H groups in total. The summed E-state index contributed by atoms with van der Waals surface area (Å²) in [6.45, 7) is 4.48. The van der Waals surface area contributed by atoms with E-state index in [1.54, 1.807) is 24.3 Å². The first-order valence-corrected chi connectivity index (χ1v) is 11.0. The number of carbonyl (C=O) groups excluding carboxylic acids is 3. The second-order valence-corrected chi connectivity index (χ2v) is 8.57. The van der Waals surface area contributed by atoms with E-state index in [2.05, 4.69) is 10.6 Å². The lowest BCUT2D eigenvalue weighted by molar-refractivity contribution is -0.126. The summed E-state index contributed by atoms with van der Waals surface area (Å²) in [7, 11) is 0. The normalized spacial score (nSPS) is 22.9. The summed E-state index contributed by atoms with van der Waals surface area (Å²) < 4.78 is 0. The fourth-order valence-electron chi connectivity index (χ4n) is 4.55. The lowest BCUT2D eigenvalue weighted by Crippen LogP contribution is -2.47. The Bertz CT molecular complexity index is 747. The molecule has 0 bridgehead atoms. The van der Waals surface area contributed by atoms with E-state index in [1.165, 1.54) is 0 Å². The number of benzene rings is 1. The smallest absolute Gasteiger partial charge is 0.319 e. The Morgan fingerprint density at radius 2 is 1.86 bits per heavy atom. The van der Waals surface area contributed by atoms with Gasteiger partial charge in [0.1, 0.15) is 5.78 Å². The van der Waals surface area contributed by atoms with Crippen molar-refractivity contribution in [3.8, 4) is 0 Å². The summed E-state index contributed by atoms with van der Waals surface area (Å²) in [6.07, 6.45) is 7.61. The molecule has 0 radical (unpaired) electrons. The second-order valence-electron chi connectivity index (χ2n) is 8.57. The van der Waals surface area contributed by atoms with Crippen LogP contribution in [0.2, 0.25) is 0 Å². The summed E-state index contributed by atoms with van der Waals surface area (Å²) in [5.74, 6) is 0.258. The summed E-state index contributed by atoms with van der Waals surface area (Å²) in [6, 6.07) is 6.83. The molecule has 29 heavy (non-hydrogen) atoms. The van der Waals surface area contributed by atoms with Gasteiger partial charge in [-0.3, -0.25) is 9.59 Å². The van der Waals surface area contributed by atoms with E-state index >= 15 is 0 Å². The lowest BCUT2D eigenvalue weighted by Gasteiger charge is -2.37. The maximum Gasteiger partial charge on any atom is 0.319 e. The van der Waals surface area contributed by atoms with Gasteiger partial charge in [-0.2, -0.15) is 0 Å². The zero-order valence-corrected chi connectivity index (χ0v) is 17.6. The number of ketones is 1. The number of carbonyl (C=O) groups is 3. The van der Waals surface area contributed by atoms with Crippen molar-refractivity contribution in [1.29, 1.82) is 0 Å². The largest absolute Gasteiger partial charge is 0.336 e. The molecule has 0 aromatic heterocycles. The summed E-state index contributed by atoms with van der Waals surface area (Å²) in [5.41, 5.74) is 1.15. The first-order chi connectivity index (χ1) is 14.0. The van der Waals surface area contributed by atoms with Gasteiger partial charge in [-0.1, -0.05) is 25.3 Å². The van der Waals surface area contributed by atoms with E-state index < -0.39 is 0 Å². The number of amides is 3. The monoisotopic (exact) mass is 399 g/mol. The number of hydrogen-bond donors (Lipinski definition) is 2. The van der Waals surface area contributed by atoms with Crippen LogP contribution in [-0.2, 0) is 4.79 Å². The summed E-state index contributed by atoms with van der Waals surface area (Å²) in [4.78, 5) is 39.9. The van der Waals surface area contributed by atoms with Gasteiger partial charge in [-0.05, 0) is 57.7 Å². The molecule has 1 saturated heterocycles. The molecule has 3 rings (SSSR count). The predicted octanol–water partition coefficient (Wildman–Crippen LogP) is 4.36. The Labute approximate surface area is 173 Å². The standard InChI is InChI=1S/C23H33N3O3/c1-16(2)24-23(29)25-18-10-8-9-17(15-18)22(28)26-14-7-3-4-12-20(26)19-11-5-6-13-21(19)27/h8-10,15-16,19-20H,3-7,11-14H2,1-2H3,(H2,24,25,29)/t19-,20+/m1/s1. The molecular weight excluding hydrogens is 366 g/mol. The van der Waals surface area contributed by atoms with Gasteiger partial charge in [0.15, 0.2) is 0 Å². The van der Waals surface area contributed by atoms with E-state index in [9.17, 15) is 14.4 Å². The van der Waals surface area contributed by atoms with Gasteiger partial charge in [0.2, 0.25) is 0 Å². The van der Waals surface area contributed by atoms with E-state index in [-0.39, 0.29) is 29.9 Å². The molecule has 1 aliphatic heterocycles. The fraction of sp³-hybridized carbons (Fsp3) is 0.609.